The molecule has 4 aliphatic rings. The smallest absolute Gasteiger partial charge is 0.238 e. The van der Waals surface area contributed by atoms with Gasteiger partial charge in [0.15, 0.2) is 28.6 Å². The number of benzene rings is 3. The third-order valence-electron chi connectivity index (χ3n) is 9.76. The predicted octanol–water partition coefficient (Wildman–Crippen LogP) is 5.84. The van der Waals surface area contributed by atoms with E-state index in [1.165, 1.54) is 18.1 Å². The zero-order valence-corrected chi connectivity index (χ0v) is 25.0. The molecule has 0 saturated carbocycles. The summed E-state index contributed by atoms with van der Waals surface area (Å²) in [4.78, 5) is 60.9. The number of carbonyl (C=O) groups excluding carboxylic acids is 4. The summed E-state index contributed by atoms with van der Waals surface area (Å²) in [5, 5.41) is 10.7. The minimum absolute atomic E-state index is 0.0977. The number of oxazole rings is 1. The van der Waals surface area contributed by atoms with E-state index in [0.717, 1.165) is 11.1 Å². The number of para-hydroxylation sites is 2. The first kappa shape index (κ1) is 27.9. The quantitative estimate of drug-likeness (QED) is 0.173. The van der Waals surface area contributed by atoms with Gasteiger partial charge in [0.1, 0.15) is 5.52 Å². The van der Waals surface area contributed by atoms with E-state index < -0.39 is 23.7 Å². The standard InChI is InChI=1S/C37H28N2O7/c1-18-15-28(41)33-25(34(18)42)17-24-22(31(33)20-9-14-30(45-2)27(40)16-20)12-13-23-32(24)37(44)39(36(23)43)21-10-7-19(8-11-21)35-38-26-5-3-4-6-29(26)46-35/h3-12,14-16,23-24,31-32,40H,13,17H2,1-2H3. The summed E-state index contributed by atoms with van der Waals surface area (Å²) in [7, 11) is 1.45. The molecule has 3 aliphatic carbocycles. The fourth-order valence-corrected chi connectivity index (χ4v) is 7.65. The largest absolute Gasteiger partial charge is 0.504 e. The Balaban J connectivity index is 1.16. The van der Waals surface area contributed by atoms with Crippen molar-refractivity contribution in [3.8, 4) is 23.0 Å². The van der Waals surface area contributed by atoms with Crippen molar-refractivity contribution in [2.24, 2.45) is 17.8 Å². The normalized spacial score (nSPS) is 24.1. The SMILES string of the molecule is COc1ccc(C2C3=CCC4C(=O)N(c5ccc(-c6nc7ccccc7o6)cc5)C(=O)C4C3CC3=C2C(=O)C=C(C)C3=O)cc1O. The molecule has 1 fully saturated rings. The number of amides is 2. The fraction of sp³-hybridized carbons (Fsp3) is 0.216. The first-order valence-corrected chi connectivity index (χ1v) is 15.2. The molecule has 8 rings (SSSR count). The molecule has 1 aliphatic heterocycles. The average molecular weight is 613 g/mol. The van der Waals surface area contributed by atoms with Gasteiger partial charge in [0.25, 0.3) is 0 Å². The lowest BCUT2D eigenvalue weighted by Gasteiger charge is -2.42. The van der Waals surface area contributed by atoms with Crippen molar-refractivity contribution in [3.05, 3.63) is 107 Å². The van der Waals surface area contributed by atoms with Crippen LogP contribution in [0.3, 0.4) is 0 Å². The Kier molecular flexibility index (Phi) is 6.22. The first-order chi connectivity index (χ1) is 22.2. The van der Waals surface area contributed by atoms with Gasteiger partial charge in [-0.2, -0.15) is 0 Å². The zero-order chi connectivity index (χ0) is 31.9. The van der Waals surface area contributed by atoms with E-state index in [2.05, 4.69) is 4.98 Å². The lowest BCUT2D eigenvalue weighted by molar-refractivity contribution is -0.123. The number of anilines is 1. The molecule has 1 N–H and O–H groups in total. The van der Waals surface area contributed by atoms with E-state index in [1.54, 1.807) is 49.4 Å². The van der Waals surface area contributed by atoms with E-state index in [1.807, 2.05) is 30.3 Å². The summed E-state index contributed by atoms with van der Waals surface area (Å²) in [6.07, 6.45) is 3.81. The van der Waals surface area contributed by atoms with Gasteiger partial charge in [-0.05, 0) is 85.9 Å². The molecule has 2 amide bonds. The van der Waals surface area contributed by atoms with Crippen LogP contribution in [0.1, 0.15) is 31.2 Å². The molecule has 228 valence electrons. The Labute approximate surface area is 263 Å². The van der Waals surface area contributed by atoms with Crippen LogP contribution in [-0.4, -0.2) is 40.6 Å². The second kappa shape index (κ2) is 10.2. The number of methoxy groups -OCH3 is 1. The number of nitrogens with zero attached hydrogens (tertiary/aromatic N) is 2. The highest BCUT2D eigenvalue weighted by Crippen LogP contribution is 2.56. The number of ketones is 2. The lowest BCUT2D eigenvalue weighted by atomic mass is 9.59. The van der Waals surface area contributed by atoms with Crippen molar-refractivity contribution in [1.82, 2.24) is 4.98 Å². The van der Waals surface area contributed by atoms with Gasteiger partial charge < -0.3 is 14.3 Å². The van der Waals surface area contributed by atoms with Crippen molar-refractivity contribution < 1.29 is 33.4 Å². The van der Waals surface area contributed by atoms with E-state index in [0.29, 0.717) is 51.4 Å². The van der Waals surface area contributed by atoms with Crippen LogP contribution in [0.25, 0.3) is 22.6 Å². The monoisotopic (exact) mass is 612 g/mol. The van der Waals surface area contributed by atoms with Crippen molar-refractivity contribution in [3.63, 3.8) is 0 Å². The van der Waals surface area contributed by atoms with E-state index >= 15 is 0 Å². The highest BCUT2D eigenvalue weighted by atomic mass is 16.5. The number of phenolic OH excluding ortho intramolecular Hbond substituents is 1. The number of aromatic hydroxyl groups is 1. The minimum Gasteiger partial charge on any atom is -0.504 e. The topological polar surface area (TPSA) is 127 Å². The van der Waals surface area contributed by atoms with Gasteiger partial charge in [-0.25, -0.2) is 4.98 Å². The van der Waals surface area contributed by atoms with E-state index in [9.17, 15) is 24.3 Å². The van der Waals surface area contributed by atoms with Gasteiger partial charge in [0.2, 0.25) is 17.7 Å². The van der Waals surface area contributed by atoms with Crippen LogP contribution < -0.4 is 9.64 Å². The molecular formula is C37H28N2O7. The molecule has 4 atom stereocenters. The van der Waals surface area contributed by atoms with Crippen LogP contribution in [0.15, 0.2) is 106 Å². The molecule has 4 unspecified atom stereocenters. The molecule has 1 saturated heterocycles. The maximum absolute atomic E-state index is 14.2. The minimum atomic E-state index is -0.707. The second-order valence-electron chi connectivity index (χ2n) is 12.2. The maximum atomic E-state index is 14.2. The number of carbonyl (C=O) groups is 4. The summed E-state index contributed by atoms with van der Waals surface area (Å²) in [5.41, 5.74) is 5.05. The third-order valence-corrected chi connectivity index (χ3v) is 9.76. The highest BCUT2D eigenvalue weighted by Gasteiger charge is 2.56. The lowest BCUT2D eigenvalue weighted by Crippen LogP contribution is -2.39. The molecule has 0 spiro atoms. The van der Waals surface area contributed by atoms with Gasteiger partial charge in [0.05, 0.1) is 24.6 Å². The Hall–Kier alpha value is -5.57. The summed E-state index contributed by atoms with van der Waals surface area (Å²) in [6.45, 7) is 1.61. The number of Topliss-reactive ketones (excluding diaryl/α,β-unsaturated/α-hetero) is 1. The van der Waals surface area contributed by atoms with Crippen LogP contribution in [0.2, 0.25) is 0 Å². The summed E-state index contributed by atoms with van der Waals surface area (Å²) in [6, 6.07) is 19.4. The van der Waals surface area contributed by atoms with Gasteiger partial charge in [-0.3, -0.25) is 24.1 Å². The van der Waals surface area contributed by atoms with Gasteiger partial charge in [-0.1, -0.05) is 29.8 Å². The van der Waals surface area contributed by atoms with Gasteiger partial charge in [-0.15, -0.1) is 0 Å². The number of ether oxygens (including phenoxy) is 1. The molecule has 4 aromatic rings. The van der Waals surface area contributed by atoms with Crippen LogP contribution >= 0.6 is 0 Å². The molecular weight excluding hydrogens is 584 g/mol. The number of imide groups is 1. The number of fused-ring (bicyclic) bond motifs is 4. The van der Waals surface area contributed by atoms with E-state index in [4.69, 9.17) is 9.15 Å². The number of rotatable bonds is 4. The average Bonchev–Trinajstić information content (AvgIpc) is 3.61. The number of aromatic nitrogens is 1. The van der Waals surface area contributed by atoms with Gasteiger partial charge in [0, 0.05) is 28.2 Å². The fourth-order valence-electron chi connectivity index (χ4n) is 7.65. The molecule has 0 radical (unpaired) electrons. The number of hydrogen-bond acceptors (Lipinski definition) is 8. The number of allylic oxidation sites excluding steroid dienone is 6. The highest BCUT2D eigenvalue weighted by molar-refractivity contribution is 6.25. The number of hydrogen-bond donors (Lipinski definition) is 1. The third kappa shape index (κ3) is 4.04. The molecule has 9 nitrogen and oxygen atoms in total. The molecule has 3 aromatic carbocycles. The van der Waals surface area contributed by atoms with Crippen LogP contribution in [0, 0.1) is 17.8 Å². The van der Waals surface area contributed by atoms with Gasteiger partial charge >= 0.3 is 0 Å². The predicted molar refractivity (Wildman–Crippen MR) is 168 cm³/mol. The van der Waals surface area contributed by atoms with E-state index in [-0.39, 0.29) is 41.3 Å². The van der Waals surface area contributed by atoms with Crippen molar-refractivity contribution in [2.45, 2.75) is 25.7 Å². The van der Waals surface area contributed by atoms with Crippen LogP contribution in [0.4, 0.5) is 5.69 Å². The summed E-state index contributed by atoms with van der Waals surface area (Å²) in [5.74, 6) is -2.94. The van der Waals surface area contributed by atoms with Crippen molar-refractivity contribution >= 4 is 40.2 Å². The Bertz CT molecular complexity index is 2080. The Morgan fingerprint density at radius 3 is 2.48 bits per heavy atom. The molecule has 0 bridgehead atoms. The first-order valence-electron chi connectivity index (χ1n) is 15.2. The molecule has 46 heavy (non-hydrogen) atoms. The summed E-state index contributed by atoms with van der Waals surface area (Å²) < 4.78 is 11.1. The Morgan fingerprint density at radius 1 is 0.957 bits per heavy atom. The molecule has 2 heterocycles. The second-order valence-corrected chi connectivity index (χ2v) is 12.2. The Morgan fingerprint density at radius 2 is 1.74 bits per heavy atom. The van der Waals surface area contributed by atoms with Crippen LogP contribution in [-0.2, 0) is 19.2 Å². The maximum Gasteiger partial charge on any atom is 0.238 e. The zero-order valence-electron chi connectivity index (χ0n) is 25.0. The molecule has 1 aromatic heterocycles. The summed E-state index contributed by atoms with van der Waals surface area (Å²) >= 11 is 0. The molecule has 9 heteroatoms. The van der Waals surface area contributed by atoms with Crippen molar-refractivity contribution in [2.75, 3.05) is 12.0 Å². The number of phenols is 1. The van der Waals surface area contributed by atoms with Crippen LogP contribution in [0.5, 0.6) is 11.5 Å². The van der Waals surface area contributed by atoms with Crippen molar-refractivity contribution in [1.29, 1.82) is 0 Å².